The number of carbonyl (C=O) groups is 1. The Balaban J connectivity index is 2.18. The lowest BCUT2D eigenvalue weighted by Gasteiger charge is -2.26. The molecular formula is C24H34N4OS. The topological polar surface area (TPSA) is 60.2 Å². The van der Waals surface area contributed by atoms with Crippen LogP contribution in [0.4, 0.5) is 0 Å². The van der Waals surface area contributed by atoms with E-state index in [0.29, 0.717) is 16.9 Å². The zero-order valence-corrected chi connectivity index (χ0v) is 19.6. The van der Waals surface area contributed by atoms with Gasteiger partial charge in [0.1, 0.15) is 9.88 Å². The Bertz CT molecular complexity index is 844. The summed E-state index contributed by atoms with van der Waals surface area (Å²) in [5.41, 5.74) is 2.36. The standard InChI is InChI=1S/C24H34N4OS/c1-5-8-14-27(7-3)15-16-28(13-6-2)24(29)22-19(4)26-23(30-22)21-12-10-9-11-20(17-21)18-25/h9-10,12,17H,5-8,11,13-16H2,1-4H3. The van der Waals surface area contributed by atoms with Gasteiger partial charge >= 0.3 is 0 Å². The van der Waals surface area contributed by atoms with E-state index in [2.05, 4.69) is 36.7 Å². The number of unbranched alkanes of at least 4 members (excludes halogenated alkanes) is 1. The van der Waals surface area contributed by atoms with Crippen molar-refractivity contribution < 1.29 is 4.79 Å². The highest BCUT2D eigenvalue weighted by Crippen LogP contribution is 2.29. The Morgan fingerprint density at radius 3 is 2.67 bits per heavy atom. The summed E-state index contributed by atoms with van der Waals surface area (Å²) in [6.07, 6.45) is 11.7. The number of amides is 1. The van der Waals surface area contributed by atoms with Crippen LogP contribution in [0, 0.1) is 18.3 Å². The van der Waals surface area contributed by atoms with Crippen molar-refractivity contribution in [1.82, 2.24) is 14.8 Å². The summed E-state index contributed by atoms with van der Waals surface area (Å²) >= 11 is 1.43. The molecule has 0 radical (unpaired) electrons. The summed E-state index contributed by atoms with van der Waals surface area (Å²) in [5.74, 6) is 0.0684. The number of aromatic nitrogens is 1. The fraction of sp³-hybridized carbons (Fsp3) is 0.542. The molecule has 0 aromatic carbocycles. The second-order valence-electron chi connectivity index (χ2n) is 7.55. The minimum atomic E-state index is 0.0684. The van der Waals surface area contributed by atoms with E-state index in [0.717, 1.165) is 55.4 Å². The van der Waals surface area contributed by atoms with Crippen molar-refractivity contribution in [3.63, 3.8) is 0 Å². The lowest BCUT2D eigenvalue weighted by Crippen LogP contribution is -2.39. The highest BCUT2D eigenvalue weighted by molar-refractivity contribution is 7.14. The quantitative estimate of drug-likeness (QED) is 0.487. The highest BCUT2D eigenvalue weighted by atomic mass is 32.1. The molecule has 1 aromatic rings. The van der Waals surface area contributed by atoms with Crippen molar-refractivity contribution >= 4 is 22.8 Å². The van der Waals surface area contributed by atoms with Crippen molar-refractivity contribution in [2.45, 2.75) is 53.4 Å². The summed E-state index contributed by atoms with van der Waals surface area (Å²) in [6, 6.07) is 2.24. The molecule has 0 fully saturated rings. The average Bonchev–Trinajstić information content (AvgIpc) is 2.98. The molecule has 0 unspecified atom stereocenters. The van der Waals surface area contributed by atoms with E-state index in [-0.39, 0.29) is 5.91 Å². The van der Waals surface area contributed by atoms with Gasteiger partial charge in [0, 0.05) is 37.2 Å². The van der Waals surface area contributed by atoms with Gasteiger partial charge in [0.25, 0.3) is 5.91 Å². The van der Waals surface area contributed by atoms with Crippen molar-refractivity contribution in [3.8, 4) is 6.07 Å². The third-order valence-electron chi connectivity index (χ3n) is 5.20. The van der Waals surface area contributed by atoms with Gasteiger partial charge in [0.05, 0.1) is 11.8 Å². The Morgan fingerprint density at radius 1 is 1.20 bits per heavy atom. The number of likely N-dealkylation sites (N-methyl/N-ethyl adjacent to an activating group) is 1. The Labute approximate surface area is 185 Å². The van der Waals surface area contributed by atoms with Crippen LogP contribution in [0.1, 0.15) is 66.8 Å². The molecule has 162 valence electrons. The molecule has 0 bridgehead atoms. The fourth-order valence-electron chi connectivity index (χ4n) is 3.39. The van der Waals surface area contributed by atoms with Crippen molar-refractivity contribution in [1.29, 1.82) is 5.26 Å². The minimum Gasteiger partial charge on any atom is -0.337 e. The molecule has 6 heteroatoms. The smallest absolute Gasteiger partial charge is 0.265 e. The van der Waals surface area contributed by atoms with E-state index >= 15 is 0 Å². The van der Waals surface area contributed by atoms with Gasteiger partial charge in [-0.25, -0.2) is 4.98 Å². The zero-order valence-electron chi connectivity index (χ0n) is 18.8. The maximum atomic E-state index is 13.3. The van der Waals surface area contributed by atoms with Crippen molar-refractivity contribution in [2.24, 2.45) is 0 Å². The molecule has 2 rings (SSSR count). The molecule has 0 spiro atoms. The maximum absolute atomic E-state index is 13.3. The molecule has 1 aliphatic carbocycles. The molecule has 0 aliphatic heterocycles. The summed E-state index contributed by atoms with van der Waals surface area (Å²) in [6.45, 7) is 12.9. The SMILES string of the molecule is CCCCN(CC)CCN(CCC)C(=O)c1sc(C2=CC=CCC(C#N)=C2)nc1C. The van der Waals surface area contributed by atoms with Gasteiger partial charge in [-0.1, -0.05) is 45.4 Å². The lowest BCUT2D eigenvalue weighted by atomic mass is 10.1. The molecule has 5 nitrogen and oxygen atoms in total. The fourth-order valence-corrected chi connectivity index (χ4v) is 4.42. The second-order valence-corrected chi connectivity index (χ2v) is 8.55. The number of carbonyl (C=O) groups excluding carboxylic acids is 1. The van der Waals surface area contributed by atoms with Gasteiger partial charge < -0.3 is 9.80 Å². The van der Waals surface area contributed by atoms with Crippen LogP contribution in [0.3, 0.4) is 0 Å². The van der Waals surface area contributed by atoms with E-state index < -0.39 is 0 Å². The number of hydrogen-bond acceptors (Lipinski definition) is 5. The molecule has 30 heavy (non-hydrogen) atoms. The number of hydrogen-bond donors (Lipinski definition) is 0. The van der Waals surface area contributed by atoms with E-state index in [1.54, 1.807) is 0 Å². The predicted molar refractivity (Wildman–Crippen MR) is 125 cm³/mol. The van der Waals surface area contributed by atoms with Crippen LogP contribution in [-0.2, 0) is 0 Å². The summed E-state index contributed by atoms with van der Waals surface area (Å²) < 4.78 is 0. The average molecular weight is 427 g/mol. The number of allylic oxidation sites excluding steroid dienone is 6. The number of nitrogens with zero attached hydrogens (tertiary/aromatic N) is 4. The number of nitriles is 1. The van der Waals surface area contributed by atoms with Gasteiger partial charge in [-0.05, 0) is 38.9 Å². The van der Waals surface area contributed by atoms with Crippen LogP contribution in [0.2, 0.25) is 0 Å². The molecule has 0 saturated carbocycles. The lowest BCUT2D eigenvalue weighted by molar-refractivity contribution is 0.0739. The third-order valence-corrected chi connectivity index (χ3v) is 6.40. The number of rotatable bonds is 11. The first-order valence-corrected chi connectivity index (χ1v) is 11.8. The van der Waals surface area contributed by atoms with E-state index in [9.17, 15) is 10.1 Å². The molecule has 1 heterocycles. The van der Waals surface area contributed by atoms with Gasteiger partial charge in [-0.3, -0.25) is 4.79 Å². The molecule has 0 N–H and O–H groups in total. The number of thiazole rings is 1. The monoisotopic (exact) mass is 426 g/mol. The van der Waals surface area contributed by atoms with Gasteiger partial charge in [-0.2, -0.15) is 5.26 Å². The van der Waals surface area contributed by atoms with Crippen molar-refractivity contribution in [3.05, 3.63) is 45.5 Å². The molecule has 1 aliphatic rings. The maximum Gasteiger partial charge on any atom is 0.265 e. The van der Waals surface area contributed by atoms with Crippen molar-refractivity contribution in [2.75, 3.05) is 32.7 Å². The van der Waals surface area contributed by atoms with E-state index in [1.807, 2.05) is 36.1 Å². The molecule has 1 amide bonds. The summed E-state index contributed by atoms with van der Waals surface area (Å²) in [7, 11) is 0. The van der Waals surface area contributed by atoms with Crippen LogP contribution < -0.4 is 0 Å². The predicted octanol–water partition coefficient (Wildman–Crippen LogP) is 5.22. The molecular weight excluding hydrogens is 392 g/mol. The first-order valence-electron chi connectivity index (χ1n) is 11.0. The zero-order chi connectivity index (χ0) is 21.9. The van der Waals surface area contributed by atoms with Gasteiger partial charge in [0.2, 0.25) is 0 Å². The van der Waals surface area contributed by atoms with E-state index in [4.69, 9.17) is 0 Å². The van der Waals surface area contributed by atoms with Gasteiger partial charge in [-0.15, -0.1) is 11.3 Å². The van der Waals surface area contributed by atoms with Gasteiger partial charge in [0.15, 0.2) is 0 Å². The first kappa shape index (κ1) is 24.0. The Morgan fingerprint density at radius 2 is 2.00 bits per heavy atom. The van der Waals surface area contributed by atoms with Crippen LogP contribution >= 0.6 is 11.3 Å². The van der Waals surface area contributed by atoms with Crippen LogP contribution in [0.25, 0.3) is 5.57 Å². The minimum absolute atomic E-state index is 0.0684. The number of aryl methyl sites for hydroxylation is 1. The summed E-state index contributed by atoms with van der Waals surface area (Å²) in [4.78, 5) is 23.1. The first-order chi connectivity index (χ1) is 14.5. The highest BCUT2D eigenvalue weighted by Gasteiger charge is 2.22. The summed E-state index contributed by atoms with van der Waals surface area (Å²) in [5, 5.41) is 10.1. The molecule has 0 saturated heterocycles. The normalized spacial score (nSPS) is 13.6. The Kier molecular flexibility index (Phi) is 9.99. The van der Waals surface area contributed by atoms with E-state index in [1.165, 1.54) is 24.2 Å². The van der Waals surface area contributed by atoms with Crippen LogP contribution in [-0.4, -0.2) is 53.4 Å². The Hall–Kier alpha value is -2.23. The molecule has 1 aromatic heterocycles. The largest absolute Gasteiger partial charge is 0.337 e. The molecule has 0 atom stereocenters. The second kappa shape index (κ2) is 12.5. The third kappa shape index (κ3) is 6.65. The van der Waals surface area contributed by atoms with Crippen LogP contribution in [0.15, 0.2) is 29.9 Å². The van der Waals surface area contributed by atoms with Crippen LogP contribution in [0.5, 0.6) is 0 Å².